The van der Waals surface area contributed by atoms with E-state index < -0.39 is 0 Å². The van der Waals surface area contributed by atoms with Gasteiger partial charge in [0.25, 0.3) is 5.91 Å². The summed E-state index contributed by atoms with van der Waals surface area (Å²) in [6, 6.07) is 1.57. The number of hydrogen-bond donors (Lipinski definition) is 2. The van der Waals surface area contributed by atoms with Gasteiger partial charge >= 0.3 is 0 Å². The van der Waals surface area contributed by atoms with Crippen LogP contribution in [0.2, 0.25) is 5.02 Å². The van der Waals surface area contributed by atoms with Gasteiger partial charge in [0.1, 0.15) is 5.82 Å². The van der Waals surface area contributed by atoms with Gasteiger partial charge in [0, 0.05) is 11.7 Å². The Morgan fingerprint density at radius 2 is 1.81 bits per heavy atom. The van der Waals surface area contributed by atoms with Gasteiger partial charge < -0.3 is 11.1 Å². The number of hydrogen-bond acceptors (Lipinski definition) is 3. The Hall–Kier alpha value is -1.29. The summed E-state index contributed by atoms with van der Waals surface area (Å²) < 4.78 is 0. The molecule has 4 saturated carbocycles. The van der Waals surface area contributed by atoms with Crippen LogP contribution in [0.5, 0.6) is 0 Å². The van der Waals surface area contributed by atoms with Gasteiger partial charge in [0.2, 0.25) is 0 Å². The average Bonchev–Trinajstić information content (AvgIpc) is 2.39. The number of nitrogens with zero attached hydrogens (tertiary/aromatic N) is 1. The highest BCUT2D eigenvalue weighted by atomic mass is 35.5. The fourth-order valence-corrected chi connectivity index (χ4v) is 5.39. The lowest BCUT2D eigenvalue weighted by atomic mass is 9.53. The van der Waals surface area contributed by atoms with Crippen LogP contribution in [0.15, 0.2) is 12.3 Å². The van der Waals surface area contributed by atoms with Crippen molar-refractivity contribution < 1.29 is 4.79 Å². The predicted octanol–water partition coefficient (Wildman–Crippen LogP) is 3.02. The molecule has 0 radical (unpaired) electrons. The van der Waals surface area contributed by atoms with Gasteiger partial charge in [-0.1, -0.05) is 11.6 Å². The van der Waals surface area contributed by atoms with Gasteiger partial charge in [-0.2, -0.15) is 0 Å². The maximum atomic E-state index is 12.6. The number of aromatic nitrogens is 1. The van der Waals surface area contributed by atoms with Crippen molar-refractivity contribution in [3.63, 3.8) is 0 Å². The first-order valence-corrected chi connectivity index (χ1v) is 8.14. The van der Waals surface area contributed by atoms with Gasteiger partial charge in [-0.25, -0.2) is 4.98 Å². The smallest absolute Gasteiger partial charge is 0.253 e. The van der Waals surface area contributed by atoms with Crippen molar-refractivity contribution in [2.24, 2.45) is 17.8 Å². The minimum Gasteiger partial charge on any atom is -0.384 e. The summed E-state index contributed by atoms with van der Waals surface area (Å²) in [5.41, 5.74) is 6.11. The van der Waals surface area contributed by atoms with E-state index in [1.165, 1.54) is 25.5 Å². The fraction of sp³-hybridized carbons (Fsp3) is 0.625. The van der Waals surface area contributed by atoms with Gasteiger partial charge in [0.05, 0.1) is 10.6 Å². The number of halogens is 1. The van der Waals surface area contributed by atoms with Gasteiger partial charge in [-0.15, -0.1) is 0 Å². The van der Waals surface area contributed by atoms with Crippen LogP contribution in [0.1, 0.15) is 48.9 Å². The third-order valence-electron chi connectivity index (χ3n) is 5.54. The number of rotatable bonds is 2. The third kappa shape index (κ3) is 2.30. The molecule has 5 heteroatoms. The first-order chi connectivity index (χ1) is 10.0. The lowest BCUT2D eigenvalue weighted by Crippen LogP contribution is -2.59. The number of nitrogens with two attached hydrogens (primary N) is 1. The molecule has 21 heavy (non-hydrogen) atoms. The van der Waals surface area contributed by atoms with Crippen molar-refractivity contribution in [2.75, 3.05) is 5.73 Å². The summed E-state index contributed by atoms with van der Waals surface area (Å²) in [6.07, 6.45) is 8.91. The van der Waals surface area contributed by atoms with Gasteiger partial charge in [-0.05, 0) is 62.3 Å². The normalized spacial score (nSPS) is 36.7. The van der Waals surface area contributed by atoms with E-state index in [4.69, 9.17) is 17.3 Å². The number of amides is 1. The van der Waals surface area contributed by atoms with Crippen LogP contribution in [-0.4, -0.2) is 16.4 Å². The summed E-state index contributed by atoms with van der Waals surface area (Å²) in [5, 5.41) is 3.67. The molecule has 4 nitrogen and oxygen atoms in total. The molecule has 1 amide bonds. The standard InChI is InChI=1S/C16H20ClN3O/c17-13-8-19-14(18)4-12(13)15(21)20-16-5-9-1-10(6-16)3-11(2-9)7-16/h4,8-11H,1-3,5-7H2,(H2,18,19)(H,20,21). The van der Waals surface area contributed by atoms with Crippen molar-refractivity contribution in [3.05, 3.63) is 22.8 Å². The van der Waals surface area contributed by atoms with Crippen LogP contribution in [0.3, 0.4) is 0 Å². The van der Waals surface area contributed by atoms with E-state index in [2.05, 4.69) is 10.3 Å². The Bertz CT molecular complexity index is 566. The summed E-state index contributed by atoms with van der Waals surface area (Å²) in [4.78, 5) is 16.5. The van der Waals surface area contributed by atoms with Crippen molar-refractivity contribution in [2.45, 2.75) is 44.1 Å². The zero-order valence-corrected chi connectivity index (χ0v) is 12.7. The molecular formula is C16H20ClN3O. The van der Waals surface area contributed by atoms with E-state index in [0.717, 1.165) is 37.0 Å². The minimum atomic E-state index is -0.101. The Morgan fingerprint density at radius 3 is 2.38 bits per heavy atom. The van der Waals surface area contributed by atoms with Crippen LogP contribution in [-0.2, 0) is 0 Å². The molecule has 0 atom stereocenters. The maximum absolute atomic E-state index is 12.6. The lowest BCUT2D eigenvalue weighted by molar-refractivity contribution is -0.0166. The molecule has 1 heterocycles. The Morgan fingerprint density at radius 1 is 1.24 bits per heavy atom. The minimum absolute atomic E-state index is 0.00675. The molecule has 0 spiro atoms. The fourth-order valence-electron chi connectivity index (χ4n) is 5.20. The number of carbonyl (C=O) groups excluding carboxylic acids is 1. The second-order valence-corrected chi connectivity index (χ2v) is 7.65. The Balaban J connectivity index is 1.58. The molecule has 112 valence electrons. The maximum Gasteiger partial charge on any atom is 0.253 e. The van der Waals surface area contributed by atoms with Crippen molar-refractivity contribution in [3.8, 4) is 0 Å². The summed E-state index contributed by atoms with van der Waals surface area (Å²) in [5.74, 6) is 2.63. The van der Waals surface area contributed by atoms with Crippen LogP contribution in [0.25, 0.3) is 0 Å². The molecule has 0 saturated heterocycles. The summed E-state index contributed by atoms with van der Waals surface area (Å²) >= 11 is 6.10. The van der Waals surface area contributed by atoms with Crippen LogP contribution in [0.4, 0.5) is 5.82 Å². The first-order valence-electron chi connectivity index (χ1n) is 7.76. The highest BCUT2D eigenvalue weighted by Crippen LogP contribution is 2.55. The molecule has 1 aromatic rings. The number of carbonyl (C=O) groups is 1. The summed E-state index contributed by atoms with van der Waals surface area (Å²) in [7, 11) is 0. The van der Waals surface area contributed by atoms with Gasteiger partial charge in [0.15, 0.2) is 0 Å². The summed E-state index contributed by atoms with van der Waals surface area (Å²) in [6.45, 7) is 0. The zero-order chi connectivity index (χ0) is 14.6. The molecule has 0 aliphatic heterocycles. The molecular weight excluding hydrogens is 286 g/mol. The third-order valence-corrected chi connectivity index (χ3v) is 5.84. The van der Waals surface area contributed by atoms with Crippen LogP contribution < -0.4 is 11.1 Å². The lowest BCUT2D eigenvalue weighted by Gasteiger charge is -2.56. The van der Waals surface area contributed by atoms with Crippen molar-refractivity contribution >= 4 is 23.3 Å². The van der Waals surface area contributed by atoms with Crippen LogP contribution >= 0.6 is 11.6 Å². The van der Waals surface area contributed by atoms with Crippen molar-refractivity contribution in [1.29, 1.82) is 0 Å². The molecule has 5 rings (SSSR count). The predicted molar refractivity (Wildman–Crippen MR) is 82.0 cm³/mol. The molecule has 4 aliphatic carbocycles. The number of nitrogens with one attached hydrogen (secondary N) is 1. The highest BCUT2D eigenvalue weighted by molar-refractivity contribution is 6.33. The van der Waals surface area contributed by atoms with Gasteiger partial charge in [-0.3, -0.25) is 4.79 Å². The highest BCUT2D eigenvalue weighted by Gasteiger charge is 2.51. The van der Waals surface area contributed by atoms with E-state index >= 15 is 0 Å². The molecule has 4 aliphatic rings. The SMILES string of the molecule is Nc1cc(C(=O)NC23CC4CC(CC(C4)C2)C3)c(Cl)cn1. The van der Waals surface area contributed by atoms with E-state index in [9.17, 15) is 4.79 Å². The Labute approximate surface area is 129 Å². The van der Waals surface area contributed by atoms with Crippen LogP contribution in [0, 0.1) is 17.8 Å². The van der Waals surface area contributed by atoms with E-state index in [1.54, 1.807) is 6.07 Å². The Kier molecular flexibility index (Phi) is 2.93. The monoisotopic (exact) mass is 305 g/mol. The number of nitrogen functional groups attached to an aromatic ring is 1. The number of anilines is 1. The largest absolute Gasteiger partial charge is 0.384 e. The second kappa shape index (κ2) is 4.60. The van der Waals surface area contributed by atoms with Crippen molar-refractivity contribution in [1.82, 2.24) is 10.3 Å². The first kappa shape index (κ1) is 13.4. The average molecular weight is 306 g/mol. The number of pyridine rings is 1. The van der Waals surface area contributed by atoms with E-state index in [1.807, 2.05) is 0 Å². The molecule has 4 fully saturated rings. The molecule has 0 aromatic carbocycles. The molecule has 0 unspecified atom stereocenters. The topological polar surface area (TPSA) is 68.0 Å². The molecule has 4 bridgehead atoms. The van der Waals surface area contributed by atoms with E-state index in [-0.39, 0.29) is 11.4 Å². The zero-order valence-electron chi connectivity index (χ0n) is 11.9. The molecule has 3 N–H and O–H groups in total. The second-order valence-electron chi connectivity index (χ2n) is 7.24. The van der Waals surface area contributed by atoms with E-state index in [0.29, 0.717) is 16.4 Å². The molecule has 1 aromatic heterocycles. The quantitative estimate of drug-likeness (QED) is 0.882.